The Kier molecular flexibility index (Phi) is 4.55. The fourth-order valence-electron chi connectivity index (χ4n) is 2.05. The van der Waals surface area contributed by atoms with Gasteiger partial charge in [-0.3, -0.25) is 0 Å². The summed E-state index contributed by atoms with van der Waals surface area (Å²) in [7, 11) is 0. The minimum Gasteiger partial charge on any atom is -0.192 e. The van der Waals surface area contributed by atoms with E-state index in [-0.39, 0.29) is 0 Å². The summed E-state index contributed by atoms with van der Waals surface area (Å²) < 4.78 is 0. The number of rotatable bonds is 5. The molecule has 0 bridgehead atoms. The predicted octanol–water partition coefficient (Wildman–Crippen LogP) is 4.12. The SMILES string of the molecule is N#Cc1ccc(CCCCc2ccccc2)cc1. The van der Waals surface area contributed by atoms with E-state index < -0.39 is 0 Å². The average Bonchev–Trinajstić information content (AvgIpc) is 2.45. The van der Waals surface area contributed by atoms with Crippen LogP contribution < -0.4 is 0 Å². The molecule has 1 heteroatoms. The minimum atomic E-state index is 0.739. The van der Waals surface area contributed by atoms with Gasteiger partial charge < -0.3 is 0 Å². The van der Waals surface area contributed by atoms with Gasteiger partial charge in [-0.25, -0.2) is 0 Å². The first-order chi connectivity index (χ1) is 8.88. The number of nitrogens with zero attached hydrogens (tertiary/aromatic N) is 1. The zero-order valence-corrected chi connectivity index (χ0v) is 10.5. The monoisotopic (exact) mass is 235 g/mol. The van der Waals surface area contributed by atoms with E-state index in [9.17, 15) is 0 Å². The van der Waals surface area contributed by atoms with Crippen LogP contribution in [-0.4, -0.2) is 0 Å². The van der Waals surface area contributed by atoms with Crippen molar-refractivity contribution in [1.82, 2.24) is 0 Å². The van der Waals surface area contributed by atoms with Crippen LogP contribution in [0.25, 0.3) is 0 Å². The molecule has 0 aliphatic heterocycles. The largest absolute Gasteiger partial charge is 0.192 e. The summed E-state index contributed by atoms with van der Waals surface area (Å²) in [5.41, 5.74) is 3.47. The van der Waals surface area contributed by atoms with Gasteiger partial charge in [0.25, 0.3) is 0 Å². The van der Waals surface area contributed by atoms with Gasteiger partial charge in [-0.1, -0.05) is 42.5 Å². The van der Waals surface area contributed by atoms with Crippen LogP contribution in [0.3, 0.4) is 0 Å². The summed E-state index contributed by atoms with van der Waals surface area (Å²) in [5.74, 6) is 0. The molecule has 2 rings (SSSR count). The maximum absolute atomic E-state index is 8.72. The molecule has 0 fully saturated rings. The van der Waals surface area contributed by atoms with Crippen molar-refractivity contribution >= 4 is 0 Å². The highest BCUT2D eigenvalue weighted by molar-refractivity contribution is 5.31. The molecule has 0 spiro atoms. The van der Waals surface area contributed by atoms with E-state index in [0.29, 0.717) is 0 Å². The second-order valence-corrected chi connectivity index (χ2v) is 4.50. The van der Waals surface area contributed by atoms with Gasteiger partial charge in [-0.2, -0.15) is 5.26 Å². The first-order valence-electron chi connectivity index (χ1n) is 6.41. The van der Waals surface area contributed by atoms with Crippen molar-refractivity contribution in [1.29, 1.82) is 5.26 Å². The summed E-state index contributed by atoms with van der Waals surface area (Å²) in [6, 6.07) is 20.7. The normalized spacial score (nSPS) is 9.94. The van der Waals surface area contributed by atoms with E-state index >= 15 is 0 Å². The number of hydrogen-bond acceptors (Lipinski definition) is 1. The Balaban J connectivity index is 1.74. The van der Waals surface area contributed by atoms with Crippen molar-refractivity contribution in [2.75, 3.05) is 0 Å². The van der Waals surface area contributed by atoms with Gasteiger partial charge in [0.2, 0.25) is 0 Å². The van der Waals surface area contributed by atoms with Crippen molar-refractivity contribution < 1.29 is 0 Å². The average molecular weight is 235 g/mol. The molecule has 0 unspecified atom stereocenters. The lowest BCUT2D eigenvalue weighted by atomic mass is 10.0. The van der Waals surface area contributed by atoms with E-state index in [1.807, 2.05) is 12.1 Å². The number of unbranched alkanes of at least 4 members (excludes halogenated alkanes) is 1. The van der Waals surface area contributed by atoms with Crippen LogP contribution in [0.1, 0.15) is 29.5 Å². The Morgan fingerprint density at radius 2 is 1.28 bits per heavy atom. The van der Waals surface area contributed by atoms with Crippen LogP contribution in [0.15, 0.2) is 54.6 Å². The molecule has 0 saturated heterocycles. The third kappa shape index (κ3) is 3.75. The molecule has 0 aliphatic carbocycles. The molecule has 0 radical (unpaired) electrons. The second kappa shape index (κ2) is 6.61. The van der Waals surface area contributed by atoms with Crippen molar-refractivity contribution in [3.05, 3.63) is 71.3 Å². The van der Waals surface area contributed by atoms with Crippen LogP contribution >= 0.6 is 0 Å². The number of hydrogen-bond donors (Lipinski definition) is 0. The van der Waals surface area contributed by atoms with Gasteiger partial charge in [0.15, 0.2) is 0 Å². The van der Waals surface area contributed by atoms with Gasteiger partial charge in [0.1, 0.15) is 0 Å². The molecule has 90 valence electrons. The molecule has 0 heterocycles. The van der Waals surface area contributed by atoms with Gasteiger partial charge >= 0.3 is 0 Å². The van der Waals surface area contributed by atoms with E-state index in [1.165, 1.54) is 24.0 Å². The Hall–Kier alpha value is -2.07. The van der Waals surface area contributed by atoms with Gasteiger partial charge in [-0.05, 0) is 48.9 Å². The maximum Gasteiger partial charge on any atom is 0.0991 e. The Labute approximate surface area is 109 Å². The standard InChI is InChI=1S/C17H17N/c18-14-17-12-10-16(11-13-17)9-5-4-8-15-6-2-1-3-7-15/h1-3,6-7,10-13H,4-5,8-9H2. The summed E-state index contributed by atoms with van der Waals surface area (Å²) in [5, 5.41) is 8.72. The van der Waals surface area contributed by atoms with Crippen LogP contribution in [0.2, 0.25) is 0 Å². The molecule has 0 amide bonds. The summed E-state index contributed by atoms with van der Waals surface area (Å²) in [6.45, 7) is 0. The summed E-state index contributed by atoms with van der Waals surface area (Å²) in [4.78, 5) is 0. The summed E-state index contributed by atoms with van der Waals surface area (Å²) in [6.07, 6.45) is 4.65. The van der Waals surface area contributed by atoms with Crippen LogP contribution in [-0.2, 0) is 12.8 Å². The Morgan fingerprint density at radius 1 is 0.722 bits per heavy atom. The molecule has 1 nitrogen and oxygen atoms in total. The molecule has 0 aromatic heterocycles. The number of benzene rings is 2. The summed E-state index contributed by atoms with van der Waals surface area (Å²) >= 11 is 0. The molecular formula is C17H17N. The fraction of sp³-hybridized carbons (Fsp3) is 0.235. The predicted molar refractivity (Wildman–Crippen MR) is 74.2 cm³/mol. The fourth-order valence-corrected chi connectivity index (χ4v) is 2.05. The zero-order chi connectivity index (χ0) is 12.6. The highest BCUT2D eigenvalue weighted by Crippen LogP contribution is 2.10. The topological polar surface area (TPSA) is 23.8 Å². The molecule has 2 aromatic carbocycles. The lowest BCUT2D eigenvalue weighted by Gasteiger charge is -2.02. The van der Waals surface area contributed by atoms with Crippen molar-refractivity contribution in [2.24, 2.45) is 0 Å². The zero-order valence-electron chi connectivity index (χ0n) is 10.5. The number of nitriles is 1. The van der Waals surface area contributed by atoms with Crippen molar-refractivity contribution in [3.63, 3.8) is 0 Å². The van der Waals surface area contributed by atoms with E-state index in [4.69, 9.17) is 5.26 Å². The third-order valence-corrected chi connectivity index (χ3v) is 3.11. The quantitative estimate of drug-likeness (QED) is 0.715. The van der Waals surface area contributed by atoms with E-state index in [1.54, 1.807) is 0 Å². The van der Waals surface area contributed by atoms with Crippen LogP contribution in [0.5, 0.6) is 0 Å². The minimum absolute atomic E-state index is 0.739. The molecular weight excluding hydrogens is 218 g/mol. The van der Waals surface area contributed by atoms with Gasteiger partial charge in [0, 0.05) is 0 Å². The molecule has 0 atom stereocenters. The maximum atomic E-state index is 8.72. The molecule has 0 N–H and O–H groups in total. The van der Waals surface area contributed by atoms with Crippen molar-refractivity contribution in [2.45, 2.75) is 25.7 Å². The third-order valence-electron chi connectivity index (χ3n) is 3.11. The molecule has 0 saturated carbocycles. The van der Waals surface area contributed by atoms with Gasteiger partial charge in [0.05, 0.1) is 11.6 Å². The molecule has 0 aliphatic rings. The first kappa shape index (κ1) is 12.4. The van der Waals surface area contributed by atoms with Crippen LogP contribution in [0, 0.1) is 11.3 Å². The second-order valence-electron chi connectivity index (χ2n) is 4.50. The highest BCUT2D eigenvalue weighted by atomic mass is 14.2. The first-order valence-corrected chi connectivity index (χ1v) is 6.41. The van der Waals surface area contributed by atoms with Crippen molar-refractivity contribution in [3.8, 4) is 6.07 Å². The lowest BCUT2D eigenvalue weighted by molar-refractivity contribution is 0.734. The smallest absolute Gasteiger partial charge is 0.0991 e. The van der Waals surface area contributed by atoms with Crippen LogP contribution in [0.4, 0.5) is 0 Å². The Morgan fingerprint density at radius 3 is 1.83 bits per heavy atom. The Bertz CT molecular complexity index is 506. The van der Waals surface area contributed by atoms with E-state index in [2.05, 4.69) is 48.5 Å². The number of aryl methyl sites for hydroxylation is 2. The molecule has 2 aromatic rings. The highest BCUT2D eigenvalue weighted by Gasteiger charge is 1.96. The molecule has 18 heavy (non-hydrogen) atoms. The lowest BCUT2D eigenvalue weighted by Crippen LogP contribution is -1.89. The van der Waals surface area contributed by atoms with E-state index in [0.717, 1.165) is 18.4 Å². The van der Waals surface area contributed by atoms with Gasteiger partial charge in [-0.15, -0.1) is 0 Å².